The second-order valence-corrected chi connectivity index (χ2v) is 11.2. The lowest BCUT2D eigenvalue weighted by Gasteiger charge is -2.35. The molecule has 0 aromatic heterocycles. The number of hydrogen-bond acceptors (Lipinski definition) is 4. The molecule has 4 rings (SSSR count). The van der Waals surface area contributed by atoms with Gasteiger partial charge >= 0.3 is 0 Å². The molecule has 0 bridgehead atoms. The van der Waals surface area contributed by atoms with Gasteiger partial charge in [-0.15, -0.1) is 0 Å². The van der Waals surface area contributed by atoms with Crippen molar-refractivity contribution in [1.29, 1.82) is 0 Å². The zero-order valence-electron chi connectivity index (χ0n) is 20.6. The first-order valence-corrected chi connectivity index (χ1v) is 12.4. The Morgan fingerprint density at radius 1 is 1.19 bits per heavy atom. The maximum Gasteiger partial charge on any atom is 0.222 e. The van der Waals surface area contributed by atoms with Crippen LogP contribution in [0.15, 0.2) is 29.3 Å². The van der Waals surface area contributed by atoms with Gasteiger partial charge in [0.05, 0.1) is 11.1 Å². The van der Waals surface area contributed by atoms with E-state index in [1.54, 1.807) is 0 Å². The van der Waals surface area contributed by atoms with Gasteiger partial charge in [0, 0.05) is 37.8 Å². The SMILES string of the molecule is CC(C)N1CCC(CC(=O)N2CCC3(C2)NCc2ccccc2NC3=NC(C)(C)C)CC1. The van der Waals surface area contributed by atoms with Crippen molar-refractivity contribution in [1.82, 2.24) is 15.1 Å². The van der Waals surface area contributed by atoms with Crippen molar-refractivity contribution in [2.45, 2.75) is 84.0 Å². The Kier molecular flexibility index (Phi) is 6.64. The number of hydrogen-bond donors (Lipinski definition) is 2. The van der Waals surface area contributed by atoms with Gasteiger partial charge < -0.3 is 15.1 Å². The summed E-state index contributed by atoms with van der Waals surface area (Å²) in [7, 11) is 0. The molecule has 2 N–H and O–H groups in total. The minimum atomic E-state index is -0.317. The summed E-state index contributed by atoms with van der Waals surface area (Å²) in [6.45, 7) is 15.4. The Morgan fingerprint density at radius 2 is 1.91 bits per heavy atom. The lowest BCUT2D eigenvalue weighted by molar-refractivity contribution is -0.131. The fraction of sp³-hybridized carbons (Fsp3) is 0.692. The first-order chi connectivity index (χ1) is 15.2. The van der Waals surface area contributed by atoms with Crippen LogP contribution in [0.4, 0.5) is 5.69 Å². The Labute approximate surface area is 193 Å². The van der Waals surface area contributed by atoms with Gasteiger partial charge in [-0.1, -0.05) is 18.2 Å². The van der Waals surface area contributed by atoms with Crippen molar-refractivity contribution in [3.8, 4) is 0 Å². The van der Waals surface area contributed by atoms with Crippen LogP contribution in [0.3, 0.4) is 0 Å². The Bertz CT molecular complexity index is 850. The maximum atomic E-state index is 13.3. The molecule has 32 heavy (non-hydrogen) atoms. The lowest BCUT2D eigenvalue weighted by Crippen LogP contribution is -2.56. The number of carbonyl (C=O) groups excluding carboxylic acids is 1. The van der Waals surface area contributed by atoms with Gasteiger partial charge in [-0.05, 0) is 84.5 Å². The Balaban J connectivity index is 1.46. The molecule has 6 nitrogen and oxygen atoms in total. The van der Waals surface area contributed by atoms with Gasteiger partial charge in [-0.25, -0.2) is 0 Å². The quantitative estimate of drug-likeness (QED) is 0.750. The molecule has 1 amide bonds. The summed E-state index contributed by atoms with van der Waals surface area (Å²) in [6, 6.07) is 9.02. The van der Waals surface area contributed by atoms with E-state index in [0.717, 1.165) is 57.0 Å². The molecule has 0 radical (unpaired) electrons. The summed E-state index contributed by atoms with van der Waals surface area (Å²) in [5, 5.41) is 7.45. The van der Waals surface area contributed by atoms with Crippen LogP contribution in [0, 0.1) is 5.92 Å². The zero-order chi connectivity index (χ0) is 22.9. The van der Waals surface area contributed by atoms with Crippen LogP contribution in [0.1, 0.15) is 65.9 Å². The lowest BCUT2D eigenvalue weighted by atomic mass is 9.92. The van der Waals surface area contributed by atoms with Gasteiger partial charge in [0.15, 0.2) is 0 Å². The molecule has 2 saturated heterocycles. The van der Waals surface area contributed by atoms with Crippen molar-refractivity contribution in [2.75, 3.05) is 31.5 Å². The molecule has 0 aliphatic carbocycles. The normalized spacial score (nSPS) is 26.4. The molecule has 2 fully saturated rings. The third kappa shape index (κ3) is 5.18. The Morgan fingerprint density at radius 3 is 2.59 bits per heavy atom. The van der Waals surface area contributed by atoms with E-state index in [1.165, 1.54) is 5.56 Å². The molecule has 0 saturated carbocycles. The number of anilines is 1. The summed E-state index contributed by atoms with van der Waals surface area (Å²) in [6.07, 6.45) is 3.84. The molecule has 1 aromatic rings. The molecule has 1 spiro atoms. The predicted molar refractivity (Wildman–Crippen MR) is 132 cm³/mol. The monoisotopic (exact) mass is 439 g/mol. The van der Waals surface area contributed by atoms with Crippen LogP contribution in [0.5, 0.6) is 0 Å². The number of benzene rings is 1. The highest BCUT2D eigenvalue weighted by molar-refractivity contribution is 6.04. The molecule has 1 atom stereocenters. The third-order valence-corrected chi connectivity index (χ3v) is 7.25. The summed E-state index contributed by atoms with van der Waals surface area (Å²) < 4.78 is 0. The summed E-state index contributed by atoms with van der Waals surface area (Å²) >= 11 is 0. The molecular weight excluding hydrogens is 398 g/mol. The van der Waals surface area contributed by atoms with E-state index in [2.05, 4.69) is 79.3 Å². The van der Waals surface area contributed by atoms with E-state index >= 15 is 0 Å². The second kappa shape index (κ2) is 9.14. The second-order valence-electron chi connectivity index (χ2n) is 11.2. The van der Waals surface area contributed by atoms with Crippen molar-refractivity contribution in [3.63, 3.8) is 0 Å². The van der Waals surface area contributed by atoms with Crippen LogP contribution < -0.4 is 10.6 Å². The largest absolute Gasteiger partial charge is 0.342 e. The van der Waals surface area contributed by atoms with E-state index in [9.17, 15) is 4.79 Å². The van der Waals surface area contributed by atoms with E-state index in [-0.39, 0.29) is 11.1 Å². The number of likely N-dealkylation sites (tertiary alicyclic amines) is 2. The fourth-order valence-corrected chi connectivity index (χ4v) is 5.27. The van der Waals surface area contributed by atoms with Gasteiger partial charge in [-0.2, -0.15) is 0 Å². The number of rotatable bonds is 3. The number of nitrogens with one attached hydrogen (secondary N) is 2. The minimum Gasteiger partial charge on any atom is -0.342 e. The summed E-state index contributed by atoms with van der Waals surface area (Å²) in [4.78, 5) is 23.0. The molecule has 3 aliphatic heterocycles. The van der Waals surface area contributed by atoms with Gasteiger partial charge in [0.2, 0.25) is 5.91 Å². The smallest absolute Gasteiger partial charge is 0.222 e. The minimum absolute atomic E-state index is 0.196. The van der Waals surface area contributed by atoms with E-state index in [4.69, 9.17) is 4.99 Å². The number of amidine groups is 1. The standard InChI is InChI=1S/C26H41N5O/c1-19(2)30-13-10-20(11-14-30)16-23(32)31-15-12-26(18-31)24(29-25(3,4)5)28-22-9-7-6-8-21(22)17-27-26/h6-9,19-20,27H,10-18H2,1-5H3,(H,28,29). The number of para-hydroxylation sites is 1. The van der Waals surface area contributed by atoms with Crippen LogP contribution in [-0.2, 0) is 11.3 Å². The van der Waals surface area contributed by atoms with Crippen molar-refractivity contribution in [3.05, 3.63) is 29.8 Å². The maximum absolute atomic E-state index is 13.3. The molecule has 6 heteroatoms. The molecule has 1 unspecified atom stereocenters. The van der Waals surface area contributed by atoms with E-state index in [0.29, 0.717) is 30.8 Å². The number of piperidine rings is 1. The summed E-state index contributed by atoms with van der Waals surface area (Å²) in [5.74, 6) is 1.79. The van der Waals surface area contributed by atoms with Crippen molar-refractivity contribution < 1.29 is 4.79 Å². The molecule has 1 aromatic carbocycles. The number of amides is 1. The number of nitrogens with zero attached hydrogens (tertiary/aromatic N) is 3. The van der Waals surface area contributed by atoms with Gasteiger partial charge in [-0.3, -0.25) is 15.1 Å². The predicted octanol–water partition coefficient (Wildman–Crippen LogP) is 3.88. The van der Waals surface area contributed by atoms with E-state index < -0.39 is 0 Å². The highest BCUT2D eigenvalue weighted by Crippen LogP contribution is 2.32. The third-order valence-electron chi connectivity index (χ3n) is 7.25. The van der Waals surface area contributed by atoms with Gasteiger partial charge in [0.25, 0.3) is 0 Å². The highest BCUT2D eigenvalue weighted by Gasteiger charge is 2.46. The number of fused-ring (bicyclic) bond motifs is 1. The van der Waals surface area contributed by atoms with Crippen LogP contribution >= 0.6 is 0 Å². The Hall–Kier alpha value is -1.92. The molecule has 176 valence electrons. The van der Waals surface area contributed by atoms with Crippen LogP contribution in [0.25, 0.3) is 0 Å². The van der Waals surface area contributed by atoms with Crippen molar-refractivity contribution in [2.24, 2.45) is 10.9 Å². The molecule has 3 aliphatic rings. The molecule has 3 heterocycles. The van der Waals surface area contributed by atoms with Crippen LogP contribution in [0.2, 0.25) is 0 Å². The zero-order valence-corrected chi connectivity index (χ0v) is 20.6. The first kappa shape index (κ1) is 23.2. The van der Waals surface area contributed by atoms with Crippen LogP contribution in [-0.4, -0.2) is 64.8 Å². The molecular formula is C26H41N5O. The van der Waals surface area contributed by atoms with Crippen molar-refractivity contribution >= 4 is 17.4 Å². The topological polar surface area (TPSA) is 60.0 Å². The summed E-state index contributed by atoms with van der Waals surface area (Å²) in [5.41, 5.74) is 1.84. The number of carbonyl (C=O) groups is 1. The number of aliphatic imine (C=N–C) groups is 1. The average molecular weight is 440 g/mol. The fourth-order valence-electron chi connectivity index (χ4n) is 5.27. The highest BCUT2D eigenvalue weighted by atomic mass is 16.2. The first-order valence-electron chi connectivity index (χ1n) is 12.4. The van der Waals surface area contributed by atoms with E-state index in [1.807, 2.05) is 0 Å². The average Bonchev–Trinajstić information content (AvgIpc) is 3.12. The van der Waals surface area contributed by atoms with Gasteiger partial charge in [0.1, 0.15) is 5.84 Å².